The third-order valence-corrected chi connectivity index (χ3v) is 6.87. The Morgan fingerprint density at radius 3 is 2.67 bits per heavy atom. The maximum atomic E-state index is 12.2. The van der Waals surface area contributed by atoms with Gasteiger partial charge in [-0.15, -0.1) is 0 Å². The van der Waals surface area contributed by atoms with Crippen molar-refractivity contribution in [2.24, 2.45) is 11.5 Å². The van der Waals surface area contributed by atoms with E-state index in [0.717, 1.165) is 18.6 Å². The number of carbonyl (C=O) groups excluding carboxylic acids is 4. The molecular formula is C19H34N8O5S. The fourth-order valence-electron chi connectivity index (χ4n) is 3.77. The van der Waals surface area contributed by atoms with Crippen LogP contribution >= 0.6 is 11.8 Å². The molecule has 10 N–H and O–H groups in total. The molecule has 4 atom stereocenters. The predicted molar refractivity (Wildman–Crippen MR) is 124 cm³/mol. The summed E-state index contributed by atoms with van der Waals surface area (Å²) >= 11 is 1.84. The Bertz CT molecular complexity index is 724. The van der Waals surface area contributed by atoms with Crippen molar-refractivity contribution in [3.63, 3.8) is 0 Å². The monoisotopic (exact) mass is 486 g/mol. The van der Waals surface area contributed by atoms with E-state index in [9.17, 15) is 19.2 Å². The van der Waals surface area contributed by atoms with Gasteiger partial charge in [-0.2, -0.15) is 11.8 Å². The highest BCUT2D eigenvalue weighted by atomic mass is 32.2. The molecular weight excluding hydrogens is 452 g/mol. The van der Waals surface area contributed by atoms with Gasteiger partial charge < -0.3 is 42.8 Å². The third-order valence-electron chi connectivity index (χ3n) is 5.36. The number of ether oxygens (including phenoxy) is 1. The molecule has 2 heterocycles. The smallest absolute Gasteiger partial charge is 0.404 e. The second-order valence-corrected chi connectivity index (χ2v) is 9.29. The molecule has 0 aromatic rings. The first-order valence-electron chi connectivity index (χ1n) is 11.0. The summed E-state index contributed by atoms with van der Waals surface area (Å²) in [6, 6.07) is -0.236. The van der Waals surface area contributed by atoms with Crippen molar-refractivity contribution in [3.05, 3.63) is 0 Å². The number of urea groups is 1. The topological polar surface area (TPSA) is 214 Å². The Morgan fingerprint density at radius 2 is 1.94 bits per heavy atom. The molecule has 14 heteroatoms. The van der Waals surface area contributed by atoms with Gasteiger partial charge in [-0.1, -0.05) is 6.42 Å². The molecule has 0 saturated carbocycles. The van der Waals surface area contributed by atoms with Gasteiger partial charge >= 0.3 is 12.1 Å². The fourth-order valence-corrected chi connectivity index (χ4v) is 5.32. The van der Waals surface area contributed by atoms with E-state index in [0.29, 0.717) is 37.5 Å². The summed E-state index contributed by atoms with van der Waals surface area (Å²) in [5.41, 5.74) is 10.2. The summed E-state index contributed by atoms with van der Waals surface area (Å²) < 4.78 is 4.77. The largest absolute Gasteiger partial charge is 0.448 e. The number of nitrogens with one attached hydrogen (secondary N) is 6. The minimum atomic E-state index is -0.942. The molecule has 0 aliphatic carbocycles. The highest BCUT2D eigenvalue weighted by Crippen LogP contribution is 2.33. The first kappa shape index (κ1) is 26.4. The van der Waals surface area contributed by atoms with Crippen molar-refractivity contribution in [1.82, 2.24) is 26.6 Å². The van der Waals surface area contributed by atoms with E-state index in [2.05, 4.69) is 26.6 Å². The Hall–Kier alpha value is -2.90. The summed E-state index contributed by atoms with van der Waals surface area (Å²) in [4.78, 5) is 46.5. The standard InChI is InChI=1S/C19H34N8O5S/c20-17(21)23-7-3-4-11(9-32-18(22)30)25-15(29)8-24-14(28)6-2-1-5-13-16-12(10-33-13)26-19(31)27-16/h11-13,16H,1-10H2,(H2,22,30)(H,24,28)(H,25,29)(H4,20,21,23)(H2,26,27,31)/t11-,12-,13-,16-/m0/s1. The SMILES string of the molecule is N=C(N)NCCC[C@@H](COC(N)=O)NC(=O)CNC(=O)CCCC[C@@H]1SC[C@@H]2NC(=O)N[C@@H]21. The predicted octanol–water partition coefficient (Wildman–Crippen LogP) is -1.33. The van der Waals surface area contributed by atoms with Crippen LogP contribution in [0.3, 0.4) is 0 Å². The first-order valence-corrected chi connectivity index (χ1v) is 12.0. The van der Waals surface area contributed by atoms with Crippen molar-refractivity contribution in [2.75, 3.05) is 25.4 Å². The molecule has 2 fully saturated rings. The molecule has 2 rings (SSSR count). The fraction of sp³-hybridized carbons (Fsp3) is 0.737. The molecule has 0 bridgehead atoms. The number of carbonyl (C=O) groups is 4. The lowest BCUT2D eigenvalue weighted by Crippen LogP contribution is -2.44. The van der Waals surface area contributed by atoms with E-state index in [1.807, 2.05) is 11.8 Å². The minimum Gasteiger partial charge on any atom is -0.448 e. The van der Waals surface area contributed by atoms with Gasteiger partial charge in [0.05, 0.1) is 24.7 Å². The van der Waals surface area contributed by atoms with Crippen molar-refractivity contribution < 1.29 is 23.9 Å². The maximum Gasteiger partial charge on any atom is 0.404 e. The zero-order chi connectivity index (χ0) is 24.2. The molecule has 0 radical (unpaired) electrons. The number of rotatable bonds is 14. The highest BCUT2D eigenvalue weighted by Gasteiger charge is 2.42. The quantitative estimate of drug-likeness (QED) is 0.0636. The lowest BCUT2D eigenvalue weighted by Gasteiger charge is -2.18. The van der Waals surface area contributed by atoms with Crippen LogP contribution in [0.25, 0.3) is 0 Å². The van der Waals surface area contributed by atoms with E-state index in [-0.39, 0.29) is 43.1 Å². The Balaban J connectivity index is 1.59. The lowest BCUT2D eigenvalue weighted by molar-refractivity contribution is -0.126. The summed E-state index contributed by atoms with van der Waals surface area (Å²) in [5.74, 6) is 0.134. The van der Waals surface area contributed by atoms with Crippen molar-refractivity contribution in [1.29, 1.82) is 5.41 Å². The number of nitrogens with two attached hydrogens (primary N) is 2. The summed E-state index contributed by atoms with van der Waals surface area (Å²) in [6.07, 6.45) is 2.88. The number of amides is 5. The zero-order valence-electron chi connectivity index (χ0n) is 18.5. The average Bonchev–Trinajstić information content (AvgIpc) is 3.29. The molecule has 0 aromatic heterocycles. The van der Waals surface area contributed by atoms with Crippen LogP contribution in [-0.4, -0.2) is 78.7 Å². The number of fused-ring (bicyclic) bond motifs is 1. The molecule has 0 spiro atoms. The van der Waals surface area contributed by atoms with Crippen molar-refractivity contribution in [2.45, 2.75) is 61.9 Å². The minimum absolute atomic E-state index is 0.0912. The number of primary amides is 1. The Labute approximate surface area is 196 Å². The molecule has 33 heavy (non-hydrogen) atoms. The highest BCUT2D eigenvalue weighted by molar-refractivity contribution is 8.00. The normalized spacial score (nSPS) is 21.8. The van der Waals surface area contributed by atoms with E-state index >= 15 is 0 Å². The Kier molecular flexibility index (Phi) is 10.9. The molecule has 2 saturated heterocycles. The maximum absolute atomic E-state index is 12.2. The van der Waals surface area contributed by atoms with Gasteiger partial charge in [0.1, 0.15) is 6.61 Å². The molecule has 13 nitrogen and oxygen atoms in total. The van der Waals surface area contributed by atoms with Gasteiger partial charge in [0, 0.05) is 24.0 Å². The van der Waals surface area contributed by atoms with Crippen LogP contribution in [-0.2, 0) is 14.3 Å². The van der Waals surface area contributed by atoms with Gasteiger partial charge in [0.2, 0.25) is 11.8 Å². The van der Waals surface area contributed by atoms with Gasteiger partial charge in [-0.05, 0) is 25.7 Å². The van der Waals surface area contributed by atoms with Crippen LogP contribution in [0.2, 0.25) is 0 Å². The van der Waals surface area contributed by atoms with Crippen LogP contribution in [0.15, 0.2) is 0 Å². The first-order chi connectivity index (χ1) is 15.7. The summed E-state index contributed by atoms with van der Waals surface area (Å²) in [5, 5.41) is 21.3. The van der Waals surface area contributed by atoms with Crippen molar-refractivity contribution in [3.8, 4) is 0 Å². The van der Waals surface area contributed by atoms with Crippen LogP contribution < -0.4 is 38.1 Å². The average molecular weight is 487 g/mol. The van der Waals surface area contributed by atoms with E-state index in [4.69, 9.17) is 21.6 Å². The molecule has 2 aliphatic heterocycles. The number of guanidine groups is 1. The Morgan fingerprint density at radius 1 is 1.15 bits per heavy atom. The third kappa shape index (κ3) is 10.1. The van der Waals surface area contributed by atoms with Crippen molar-refractivity contribution >= 4 is 41.7 Å². The van der Waals surface area contributed by atoms with Crippen LogP contribution in [0.4, 0.5) is 9.59 Å². The van der Waals surface area contributed by atoms with Crippen LogP contribution in [0.5, 0.6) is 0 Å². The molecule has 2 aliphatic rings. The summed E-state index contributed by atoms with van der Waals surface area (Å²) in [6.45, 7) is 0.155. The van der Waals surface area contributed by atoms with Gasteiger partial charge in [-0.25, -0.2) is 9.59 Å². The molecule has 186 valence electrons. The van der Waals surface area contributed by atoms with E-state index < -0.39 is 18.0 Å². The number of hydrogen-bond donors (Lipinski definition) is 8. The van der Waals surface area contributed by atoms with E-state index in [1.54, 1.807) is 0 Å². The van der Waals surface area contributed by atoms with Gasteiger partial charge in [0.15, 0.2) is 5.96 Å². The molecule has 0 aromatic carbocycles. The number of unbranched alkanes of at least 4 members (excludes halogenated alkanes) is 1. The van der Waals surface area contributed by atoms with E-state index in [1.165, 1.54) is 0 Å². The van der Waals surface area contributed by atoms with Gasteiger partial charge in [0.25, 0.3) is 0 Å². The second kappa shape index (κ2) is 13.6. The second-order valence-electron chi connectivity index (χ2n) is 8.02. The summed E-state index contributed by atoms with van der Waals surface area (Å²) in [7, 11) is 0. The lowest BCUT2D eigenvalue weighted by atomic mass is 10.0. The number of thioether (sulfide) groups is 1. The van der Waals surface area contributed by atoms with Crippen LogP contribution in [0.1, 0.15) is 38.5 Å². The van der Waals surface area contributed by atoms with Gasteiger partial charge in [-0.3, -0.25) is 15.0 Å². The zero-order valence-corrected chi connectivity index (χ0v) is 19.3. The number of hydrogen-bond acceptors (Lipinski definition) is 7. The van der Waals surface area contributed by atoms with Crippen LogP contribution in [0, 0.1) is 5.41 Å². The molecule has 5 amide bonds. The molecule has 0 unspecified atom stereocenters.